The molecule has 0 radical (unpaired) electrons. The van der Waals surface area contributed by atoms with Crippen LogP contribution >= 0.6 is 0 Å². The quantitative estimate of drug-likeness (QED) is 0.417. The van der Waals surface area contributed by atoms with Gasteiger partial charge in [0.2, 0.25) is 17.7 Å². The summed E-state index contributed by atoms with van der Waals surface area (Å²) in [6, 6.07) is 10.4. The lowest BCUT2D eigenvalue weighted by Crippen LogP contribution is -2.52. The number of hydrogen-bond donors (Lipinski definition) is 4. The van der Waals surface area contributed by atoms with E-state index in [-0.39, 0.29) is 37.0 Å². The molecule has 4 N–H and O–H groups in total. The molecule has 2 aliphatic heterocycles. The SMILES string of the molecule is CC(C)C[C@@H]1NC(=O)C[C@@H](C(=O)NCCc2ccc3c(c2)OCCO3)NC(=O)c2ccccc2OCCCNC1=O. The van der Waals surface area contributed by atoms with Gasteiger partial charge in [0.15, 0.2) is 11.5 Å². The van der Waals surface area contributed by atoms with Crippen molar-refractivity contribution in [3.05, 3.63) is 53.6 Å². The third-order valence-electron chi connectivity index (χ3n) is 6.70. The summed E-state index contributed by atoms with van der Waals surface area (Å²) < 4.78 is 17.0. The van der Waals surface area contributed by atoms with Crippen molar-refractivity contribution in [2.45, 2.75) is 51.6 Å². The molecule has 220 valence electrons. The molecule has 4 amide bonds. The third kappa shape index (κ3) is 8.60. The van der Waals surface area contributed by atoms with Gasteiger partial charge in [-0.15, -0.1) is 0 Å². The Kier molecular flexibility index (Phi) is 10.4. The molecule has 0 spiro atoms. The minimum atomic E-state index is -1.18. The Morgan fingerprint density at radius 1 is 0.951 bits per heavy atom. The summed E-state index contributed by atoms with van der Waals surface area (Å²) in [6.45, 7) is 5.79. The monoisotopic (exact) mass is 566 g/mol. The van der Waals surface area contributed by atoms with Crippen molar-refractivity contribution < 1.29 is 33.4 Å². The standard InChI is InChI=1S/C30H38N4O7/c1-19(2)16-22-29(37)31-11-5-13-39-24-7-4-3-6-21(24)28(36)34-23(18-27(35)33-22)30(38)32-12-10-20-8-9-25-26(17-20)41-15-14-40-25/h3-4,6-9,17,19,22-23H,5,10-16,18H2,1-2H3,(H,31,37)(H,32,38)(H,33,35)(H,34,36)/t22-,23-/m0/s1. The summed E-state index contributed by atoms with van der Waals surface area (Å²) in [7, 11) is 0. The van der Waals surface area contributed by atoms with Crippen LogP contribution in [-0.2, 0) is 20.8 Å². The fourth-order valence-corrected chi connectivity index (χ4v) is 4.65. The molecule has 0 bridgehead atoms. The highest BCUT2D eigenvalue weighted by Gasteiger charge is 2.28. The molecule has 2 atom stereocenters. The molecule has 0 unspecified atom stereocenters. The van der Waals surface area contributed by atoms with Crippen molar-refractivity contribution in [3.63, 3.8) is 0 Å². The van der Waals surface area contributed by atoms with Gasteiger partial charge in [-0.1, -0.05) is 32.0 Å². The van der Waals surface area contributed by atoms with Gasteiger partial charge in [-0.05, 0) is 55.0 Å². The minimum absolute atomic E-state index is 0.144. The Balaban J connectivity index is 1.48. The molecule has 0 aliphatic carbocycles. The van der Waals surface area contributed by atoms with E-state index in [0.717, 1.165) is 5.56 Å². The van der Waals surface area contributed by atoms with E-state index in [1.165, 1.54) is 0 Å². The van der Waals surface area contributed by atoms with Gasteiger partial charge in [0.1, 0.15) is 31.0 Å². The van der Waals surface area contributed by atoms with E-state index in [1.807, 2.05) is 32.0 Å². The van der Waals surface area contributed by atoms with Gasteiger partial charge in [0.05, 0.1) is 18.6 Å². The van der Waals surface area contributed by atoms with Crippen LogP contribution in [0.5, 0.6) is 17.2 Å². The van der Waals surface area contributed by atoms with Crippen LogP contribution in [0.2, 0.25) is 0 Å². The zero-order chi connectivity index (χ0) is 29.2. The molecule has 0 aromatic heterocycles. The molecular formula is C30H38N4O7. The average Bonchev–Trinajstić information content (AvgIpc) is 2.95. The molecule has 4 rings (SSSR count). The lowest BCUT2D eigenvalue weighted by molar-refractivity contribution is -0.131. The summed E-state index contributed by atoms with van der Waals surface area (Å²) in [6.07, 6.45) is 1.10. The molecule has 11 nitrogen and oxygen atoms in total. The van der Waals surface area contributed by atoms with E-state index in [2.05, 4.69) is 21.3 Å². The molecule has 0 fully saturated rings. The fourth-order valence-electron chi connectivity index (χ4n) is 4.65. The van der Waals surface area contributed by atoms with Crippen molar-refractivity contribution in [3.8, 4) is 17.2 Å². The first-order chi connectivity index (χ1) is 19.8. The van der Waals surface area contributed by atoms with E-state index in [9.17, 15) is 19.2 Å². The largest absolute Gasteiger partial charge is 0.493 e. The molecule has 2 aromatic rings. The molecule has 2 aliphatic rings. The number of amides is 4. The molecule has 11 heteroatoms. The van der Waals surface area contributed by atoms with Crippen LogP contribution in [0.25, 0.3) is 0 Å². The van der Waals surface area contributed by atoms with E-state index < -0.39 is 29.8 Å². The normalized spacial score (nSPS) is 19.8. The first-order valence-corrected chi connectivity index (χ1v) is 14.1. The number of hydrogen-bond acceptors (Lipinski definition) is 7. The maximum atomic E-state index is 13.3. The molecule has 0 saturated heterocycles. The molecular weight excluding hydrogens is 528 g/mol. The Bertz CT molecular complexity index is 1250. The summed E-state index contributed by atoms with van der Waals surface area (Å²) >= 11 is 0. The smallest absolute Gasteiger partial charge is 0.255 e. The summed E-state index contributed by atoms with van der Waals surface area (Å²) in [5, 5.41) is 11.1. The second-order valence-corrected chi connectivity index (χ2v) is 10.5. The highest BCUT2D eigenvalue weighted by atomic mass is 16.6. The van der Waals surface area contributed by atoms with Gasteiger partial charge in [0.25, 0.3) is 5.91 Å². The van der Waals surface area contributed by atoms with Crippen LogP contribution in [0.15, 0.2) is 42.5 Å². The Hall–Kier alpha value is -4.28. The number of carbonyl (C=O) groups excluding carboxylic acids is 4. The van der Waals surface area contributed by atoms with Crippen LogP contribution in [0.3, 0.4) is 0 Å². The predicted molar refractivity (Wildman–Crippen MR) is 151 cm³/mol. The average molecular weight is 567 g/mol. The second kappa shape index (κ2) is 14.4. The zero-order valence-electron chi connectivity index (χ0n) is 23.5. The summed E-state index contributed by atoms with van der Waals surface area (Å²) in [5.41, 5.74) is 1.19. The summed E-state index contributed by atoms with van der Waals surface area (Å²) in [5.74, 6) is -0.0314. The lowest BCUT2D eigenvalue weighted by Gasteiger charge is -2.22. The van der Waals surface area contributed by atoms with E-state index >= 15 is 0 Å². The number of fused-ring (bicyclic) bond motifs is 2. The van der Waals surface area contributed by atoms with Crippen LogP contribution < -0.4 is 35.5 Å². The molecule has 0 saturated carbocycles. The van der Waals surface area contributed by atoms with Gasteiger partial charge in [-0.3, -0.25) is 19.2 Å². The minimum Gasteiger partial charge on any atom is -0.493 e. The molecule has 2 heterocycles. The second-order valence-electron chi connectivity index (χ2n) is 10.5. The Morgan fingerprint density at radius 3 is 2.51 bits per heavy atom. The highest BCUT2D eigenvalue weighted by molar-refractivity contribution is 6.01. The maximum Gasteiger partial charge on any atom is 0.255 e. The third-order valence-corrected chi connectivity index (χ3v) is 6.70. The van der Waals surface area contributed by atoms with Crippen molar-refractivity contribution in [2.24, 2.45) is 5.92 Å². The van der Waals surface area contributed by atoms with E-state index in [0.29, 0.717) is 56.3 Å². The van der Waals surface area contributed by atoms with Gasteiger partial charge < -0.3 is 35.5 Å². The van der Waals surface area contributed by atoms with Crippen molar-refractivity contribution in [1.82, 2.24) is 21.3 Å². The highest BCUT2D eigenvalue weighted by Crippen LogP contribution is 2.30. The Morgan fingerprint density at radius 2 is 1.71 bits per heavy atom. The van der Waals surface area contributed by atoms with Crippen molar-refractivity contribution in [1.29, 1.82) is 0 Å². The van der Waals surface area contributed by atoms with Crippen LogP contribution in [0.1, 0.15) is 49.0 Å². The number of para-hydroxylation sites is 1. The lowest BCUT2D eigenvalue weighted by atomic mass is 10.0. The van der Waals surface area contributed by atoms with Crippen molar-refractivity contribution >= 4 is 23.6 Å². The van der Waals surface area contributed by atoms with Gasteiger partial charge in [-0.2, -0.15) is 0 Å². The Labute approximate surface area is 239 Å². The number of rotatable bonds is 6. The number of benzene rings is 2. The van der Waals surface area contributed by atoms with Crippen LogP contribution in [0, 0.1) is 5.92 Å². The van der Waals surface area contributed by atoms with Gasteiger partial charge in [0, 0.05) is 13.1 Å². The maximum absolute atomic E-state index is 13.3. The first-order valence-electron chi connectivity index (χ1n) is 14.1. The number of ether oxygens (including phenoxy) is 3. The van der Waals surface area contributed by atoms with E-state index in [1.54, 1.807) is 24.3 Å². The predicted octanol–water partition coefficient (Wildman–Crippen LogP) is 1.73. The number of nitrogens with one attached hydrogen (secondary N) is 4. The fraction of sp³-hybridized carbons (Fsp3) is 0.467. The van der Waals surface area contributed by atoms with Crippen LogP contribution in [0.4, 0.5) is 0 Å². The topological polar surface area (TPSA) is 144 Å². The zero-order valence-corrected chi connectivity index (χ0v) is 23.5. The molecule has 2 aromatic carbocycles. The van der Waals surface area contributed by atoms with Gasteiger partial charge >= 0.3 is 0 Å². The summed E-state index contributed by atoms with van der Waals surface area (Å²) in [4.78, 5) is 52.5. The van der Waals surface area contributed by atoms with Crippen molar-refractivity contribution in [2.75, 3.05) is 32.9 Å². The number of carbonyl (C=O) groups is 4. The van der Waals surface area contributed by atoms with Crippen LogP contribution in [-0.4, -0.2) is 68.6 Å². The van der Waals surface area contributed by atoms with E-state index in [4.69, 9.17) is 14.2 Å². The first kappa shape index (κ1) is 29.7. The van der Waals surface area contributed by atoms with Gasteiger partial charge in [-0.25, -0.2) is 0 Å². The molecule has 41 heavy (non-hydrogen) atoms.